The average Bonchev–Trinajstić information content (AvgIpc) is 3.35. The number of aromatic amines is 2. The second-order valence-electron chi connectivity index (χ2n) is 8.00. The number of benzene rings is 1. The van der Waals surface area contributed by atoms with Gasteiger partial charge in [-0.1, -0.05) is 18.6 Å². The van der Waals surface area contributed by atoms with Crippen LogP contribution < -0.4 is 0 Å². The maximum atomic E-state index is 13.2. The molecule has 7 heteroatoms. The van der Waals surface area contributed by atoms with Gasteiger partial charge in [-0.25, -0.2) is 4.98 Å². The minimum atomic E-state index is -0.0522. The lowest BCUT2D eigenvalue weighted by atomic mass is 9.78. The summed E-state index contributed by atoms with van der Waals surface area (Å²) in [6.07, 6.45) is 4.66. The highest BCUT2D eigenvalue weighted by Gasteiger charge is 2.46. The van der Waals surface area contributed by atoms with Crippen LogP contribution in [-0.2, 0) is 12.0 Å². The van der Waals surface area contributed by atoms with Crippen molar-refractivity contribution >= 4 is 16.8 Å². The van der Waals surface area contributed by atoms with Crippen LogP contribution in [0.5, 0.6) is 0 Å². The number of aryl methyl sites for hydroxylation is 1. The van der Waals surface area contributed by atoms with Crippen molar-refractivity contribution in [1.29, 1.82) is 0 Å². The molecule has 7 nitrogen and oxygen atoms in total. The summed E-state index contributed by atoms with van der Waals surface area (Å²) >= 11 is 0. The number of nitrogens with zero attached hydrogens (tertiary/aromatic N) is 4. The van der Waals surface area contributed by atoms with Crippen LogP contribution in [-0.4, -0.2) is 62.1 Å². The largest absolute Gasteiger partial charge is 0.348 e. The van der Waals surface area contributed by atoms with E-state index in [9.17, 15) is 4.79 Å². The molecular formula is C21H26N6O. The predicted octanol–water partition coefficient (Wildman–Crippen LogP) is 2.60. The van der Waals surface area contributed by atoms with Gasteiger partial charge in [0.25, 0.3) is 5.91 Å². The van der Waals surface area contributed by atoms with Crippen molar-refractivity contribution in [3.05, 3.63) is 47.2 Å². The van der Waals surface area contributed by atoms with Gasteiger partial charge in [0.05, 0.1) is 23.1 Å². The normalized spacial score (nSPS) is 19.3. The lowest BCUT2D eigenvalue weighted by Gasteiger charge is -2.50. The van der Waals surface area contributed by atoms with E-state index in [0.717, 1.165) is 61.9 Å². The molecule has 28 heavy (non-hydrogen) atoms. The van der Waals surface area contributed by atoms with Crippen molar-refractivity contribution < 1.29 is 4.79 Å². The monoisotopic (exact) mass is 378 g/mol. The van der Waals surface area contributed by atoms with Gasteiger partial charge in [-0.3, -0.25) is 14.8 Å². The summed E-state index contributed by atoms with van der Waals surface area (Å²) in [5.41, 5.74) is 4.97. The number of carbonyl (C=O) groups excluding carboxylic acids is 1. The van der Waals surface area contributed by atoms with E-state index in [1.165, 1.54) is 11.4 Å². The Morgan fingerprint density at radius 3 is 2.86 bits per heavy atom. The quantitative estimate of drug-likeness (QED) is 0.718. The molecule has 2 aromatic heterocycles. The zero-order chi connectivity index (χ0) is 19.3. The second kappa shape index (κ2) is 6.44. The van der Waals surface area contributed by atoms with Crippen LogP contribution >= 0.6 is 0 Å². The fourth-order valence-corrected chi connectivity index (χ4v) is 5.06. The summed E-state index contributed by atoms with van der Waals surface area (Å²) < 4.78 is 0. The number of hydrogen-bond donors (Lipinski definition) is 2. The van der Waals surface area contributed by atoms with Crippen LogP contribution in [0.1, 0.15) is 47.2 Å². The molecule has 0 radical (unpaired) electrons. The molecule has 3 aromatic rings. The molecule has 1 spiro atoms. The Kier molecular flexibility index (Phi) is 4.01. The standard InChI is InChI=1S/C21H26N6O/c1-3-27-9-6-17-19(23-13-22-17)21(27)7-10-26(11-8-21)20(28)18-15-12-14(2)4-5-16(15)24-25-18/h4-5,12-13H,3,6-11H2,1-2H3,(H,22,23)(H,24,25). The summed E-state index contributed by atoms with van der Waals surface area (Å²) in [7, 11) is 0. The SMILES string of the molecule is CCN1CCc2[nH]cnc2C12CCN(C(=O)c1n[nH]c3ccc(C)cc13)CC2. The van der Waals surface area contributed by atoms with Gasteiger partial charge in [-0.05, 0) is 38.4 Å². The number of imidazole rings is 1. The molecule has 5 rings (SSSR count). The highest BCUT2D eigenvalue weighted by Crippen LogP contribution is 2.42. The van der Waals surface area contributed by atoms with Crippen LogP contribution in [0, 0.1) is 6.92 Å². The third kappa shape index (κ3) is 2.49. The first-order valence-corrected chi connectivity index (χ1v) is 10.1. The predicted molar refractivity (Wildman–Crippen MR) is 107 cm³/mol. The van der Waals surface area contributed by atoms with E-state index in [4.69, 9.17) is 0 Å². The lowest BCUT2D eigenvalue weighted by Crippen LogP contribution is -2.57. The maximum absolute atomic E-state index is 13.2. The molecular weight excluding hydrogens is 352 g/mol. The van der Waals surface area contributed by atoms with Crippen LogP contribution in [0.3, 0.4) is 0 Å². The van der Waals surface area contributed by atoms with E-state index < -0.39 is 0 Å². The van der Waals surface area contributed by atoms with Gasteiger partial charge in [0, 0.05) is 37.1 Å². The fourth-order valence-electron chi connectivity index (χ4n) is 5.06. The second-order valence-corrected chi connectivity index (χ2v) is 8.00. The van der Waals surface area contributed by atoms with Gasteiger partial charge in [0.15, 0.2) is 5.69 Å². The molecule has 1 aromatic carbocycles. The van der Waals surface area contributed by atoms with Crippen molar-refractivity contribution in [2.75, 3.05) is 26.2 Å². The number of hydrogen-bond acceptors (Lipinski definition) is 4. The third-order valence-corrected chi connectivity index (χ3v) is 6.58. The number of carbonyl (C=O) groups is 1. The Balaban J connectivity index is 1.41. The number of amides is 1. The first kappa shape index (κ1) is 17.4. The summed E-state index contributed by atoms with van der Waals surface area (Å²) in [5, 5.41) is 8.24. The average molecular weight is 378 g/mol. The van der Waals surface area contributed by atoms with E-state index in [-0.39, 0.29) is 11.4 Å². The molecule has 0 bridgehead atoms. The van der Waals surface area contributed by atoms with Crippen LogP contribution in [0.4, 0.5) is 0 Å². The Morgan fingerprint density at radius 1 is 1.25 bits per heavy atom. The van der Waals surface area contributed by atoms with Gasteiger partial charge >= 0.3 is 0 Å². The Morgan fingerprint density at radius 2 is 2.07 bits per heavy atom. The first-order valence-electron chi connectivity index (χ1n) is 10.1. The third-order valence-electron chi connectivity index (χ3n) is 6.58. The minimum absolute atomic E-state index is 0.0211. The zero-order valence-electron chi connectivity index (χ0n) is 16.5. The van der Waals surface area contributed by atoms with E-state index in [1.54, 1.807) is 0 Å². The number of fused-ring (bicyclic) bond motifs is 3. The number of piperidine rings is 1. The summed E-state index contributed by atoms with van der Waals surface area (Å²) in [5.74, 6) is 0.0211. The minimum Gasteiger partial charge on any atom is -0.348 e. The van der Waals surface area contributed by atoms with Crippen LogP contribution in [0.15, 0.2) is 24.5 Å². The summed E-state index contributed by atoms with van der Waals surface area (Å²) in [6.45, 7) is 7.75. The Hall–Kier alpha value is -2.67. The zero-order valence-corrected chi connectivity index (χ0v) is 16.5. The van der Waals surface area contributed by atoms with E-state index in [0.29, 0.717) is 5.69 Å². The van der Waals surface area contributed by atoms with Crippen LogP contribution in [0.25, 0.3) is 10.9 Å². The highest BCUT2D eigenvalue weighted by atomic mass is 16.2. The smallest absolute Gasteiger partial charge is 0.274 e. The lowest BCUT2D eigenvalue weighted by molar-refractivity contribution is 0.0101. The molecule has 4 heterocycles. The number of H-pyrrole nitrogens is 2. The molecule has 1 saturated heterocycles. The van der Waals surface area contributed by atoms with Gasteiger partial charge in [0.2, 0.25) is 0 Å². The van der Waals surface area contributed by atoms with E-state index in [1.807, 2.05) is 36.4 Å². The van der Waals surface area contributed by atoms with Crippen molar-refractivity contribution in [3.8, 4) is 0 Å². The van der Waals surface area contributed by atoms with Gasteiger partial charge < -0.3 is 9.88 Å². The van der Waals surface area contributed by atoms with Crippen molar-refractivity contribution in [3.63, 3.8) is 0 Å². The molecule has 146 valence electrons. The van der Waals surface area contributed by atoms with Crippen molar-refractivity contribution in [1.82, 2.24) is 30.0 Å². The molecule has 1 amide bonds. The number of likely N-dealkylation sites (tertiary alicyclic amines) is 1. The first-order chi connectivity index (χ1) is 13.6. The number of nitrogens with one attached hydrogen (secondary N) is 2. The highest BCUT2D eigenvalue weighted by molar-refractivity contribution is 6.04. The summed E-state index contributed by atoms with van der Waals surface area (Å²) in [4.78, 5) is 25.7. The fraction of sp³-hybridized carbons (Fsp3) is 0.476. The van der Waals surface area contributed by atoms with Crippen molar-refractivity contribution in [2.45, 2.75) is 38.6 Å². The molecule has 0 saturated carbocycles. The van der Waals surface area contributed by atoms with Gasteiger partial charge in [-0.2, -0.15) is 5.10 Å². The number of aromatic nitrogens is 4. The number of rotatable bonds is 2. The molecule has 0 unspecified atom stereocenters. The van der Waals surface area contributed by atoms with Gasteiger partial charge in [0.1, 0.15) is 0 Å². The molecule has 2 aliphatic heterocycles. The summed E-state index contributed by atoms with van der Waals surface area (Å²) in [6, 6.07) is 6.05. The Bertz CT molecular complexity index is 1030. The molecule has 0 aliphatic carbocycles. The van der Waals surface area contributed by atoms with E-state index in [2.05, 4.69) is 32.0 Å². The van der Waals surface area contributed by atoms with Crippen LogP contribution in [0.2, 0.25) is 0 Å². The molecule has 0 atom stereocenters. The number of likely N-dealkylation sites (N-methyl/N-ethyl adjacent to an activating group) is 1. The topological polar surface area (TPSA) is 80.9 Å². The van der Waals surface area contributed by atoms with Crippen molar-refractivity contribution in [2.24, 2.45) is 0 Å². The van der Waals surface area contributed by atoms with E-state index >= 15 is 0 Å². The maximum Gasteiger partial charge on any atom is 0.274 e. The Labute approximate surface area is 164 Å². The van der Waals surface area contributed by atoms with Gasteiger partial charge in [-0.15, -0.1) is 0 Å². The molecule has 2 aliphatic rings. The molecule has 1 fully saturated rings. The molecule has 2 N–H and O–H groups in total.